The van der Waals surface area contributed by atoms with Gasteiger partial charge in [-0.2, -0.15) is 0 Å². The summed E-state index contributed by atoms with van der Waals surface area (Å²) < 4.78 is 11.6. The maximum atomic E-state index is 6.18. The lowest BCUT2D eigenvalue weighted by Crippen LogP contribution is -2.12. The molecule has 0 fully saturated rings. The SMILES string of the molecule is CCNCc1ccc(OCc2ccc(Cl)cc2Cl)c(OCC)c1. The van der Waals surface area contributed by atoms with E-state index in [1.807, 2.05) is 31.2 Å². The fourth-order valence-corrected chi connectivity index (χ4v) is 2.58. The summed E-state index contributed by atoms with van der Waals surface area (Å²) in [6.45, 7) is 6.72. The standard InChI is InChI=1S/C18H21Cl2NO2/c1-3-21-11-13-5-8-17(18(9-13)22-4-2)23-12-14-6-7-15(19)10-16(14)20/h5-10,21H,3-4,11-12H2,1-2H3. The van der Waals surface area contributed by atoms with Crippen LogP contribution in [0.5, 0.6) is 11.5 Å². The second kappa shape index (κ2) is 9.02. The third-order valence-corrected chi connectivity index (χ3v) is 3.87. The highest BCUT2D eigenvalue weighted by Crippen LogP contribution is 2.30. The molecule has 0 bridgehead atoms. The van der Waals surface area contributed by atoms with Crippen molar-refractivity contribution in [1.82, 2.24) is 5.32 Å². The van der Waals surface area contributed by atoms with E-state index in [0.717, 1.165) is 30.0 Å². The van der Waals surface area contributed by atoms with Crippen LogP contribution >= 0.6 is 23.2 Å². The van der Waals surface area contributed by atoms with Crippen molar-refractivity contribution >= 4 is 23.2 Å². The summed E-state index contributed by atoms with van der Waals surface area (Å²) >= 11 is 12.1. The summed E-state index contributed by atoms with van der Waals surface area (Å²) in [5.74, 6) is 1.45. The zero-order chi connectivity index (χ0) is 16.7. The Morgan fingerprint density at radius 3 is 2.48 bits per heavy atom. The van der Waals surface area contributed by atoms with E-state index in [1.54, 1.807) is 12.1 Å². The summed E-state index contributed by atoms with van der Waals surface area (Å²) in [5.41, 5.74) is 2.04. The Morgan fingerprint density at radius 2 is 1.78 bits per heavy atom. The van der Waals surface area contributed by atoms with Crippen LogP contribution in [0, 0.1) is 0 Å². The molecule has 0 heterocycles. The summed E-state index contributed by atoms with van der Waals surface area (Å²) in [6.07, 6.45) is 0. The molecule has 5 heteroatoms. The number of benzene rings is 2. The van der Waals surface area contributed by atoms with Crippen molar-refractivity contribution in [2.24, 2.45) is 0 Å². The van der Waals surface area contributed by atoms with Gasteiger partial charge in [0.2, 0.25) is 0 Å². The average Bonchev–Trinajstić information content (AvgIpc) is 2.53. The molecule has 124 valence electrons. The highest BCUT2D eigenvalue weighted by molar-refractivity contribution is 6.35. The normalized spacial score (nSPS) is 10.6. The van der Waals surface area contributed by atoms with Gasteiger partial charge in [-0.15, -0.1) is 0 Å². The van der Waals surface area contributed by atoms with Crippen molar-refractivity contribution in [3.8, 4) is 11.5 Å². The van der Waals surface area contributed by atoms with Crippen LogP contribution in [0.1, 0.15) is 25.0 Å². The van der Waals surface area contributed by atoms with E-state index >= 15 is 0 Å². The van der Waals surface area contributed by atoms with Gasteiger partial charge in [-0.1, -0.05) is 42.3 Å². The van der Waals surface area contributed by atoms with E-state index in [9.17, 15) is 0 Å². The van der Waals surface area contributed by atoms with E-state index in [-0.39, 0.29) is 0 Å². The Kier molecular flexibility index (Phi) is 7.03. The number of nitrogens with one attached hydrogen (secondary N) is 1. The zero-order valence-electron chi connectivity index (χ0n) is 13.4. The van der Waals surface area contributed by atoms with Crippen molar-refractivity contribution in [1.29, 1.82) is 0 Å². The number of rotatable bonds is 8. The lowest BCUT2D eigenvalue weighted by Gasteiger charge is -2.14. The van der Waals surface area contributed by atoms with Crippen LogP contribution in [0.2, 0.25) is 10.0 Å². The Bertz CT molecular complexity index is 647. The Labute approximate surface area is 147 Å². The molecule has 2 aromatic rings. The van der Waals surface area contributed by atoms with Crippen molar-refractivity contribution in [2.75, 3.05) is 13.2 Å². The molecule has 0 amide bonds. The lowest BCUT2D eigenvalue weighted by atomic mass is 10.2. The molecule has 0 saturated heterocycles. The van der Waals surface area contributed by atoms with Crippen LogP contribution in [0.25, 0.3) is 0 Å². The third-order valence-electron chi connectivity index (χ3n) is 3.29. The van der Waals surface area contributed by atoms with Crippen molar-refractivity contribution < 1.29 is 9.47 Å². The fraction of sp³-hybridized carbons (Fsp3) is 0.333. The van der Waals surface area contributed by atoms with Gasteiger partial charge in [0.25, 0.3) is 0 Å². The Hall–Kier alpha value is -1.42. The lowest BCUT2D eigenvalue weighted by molar-refractivity contribution is 0.269. The van der Waals surface area contributed by atoms with Crippen molar-refractivity contribution in [2.45, 2.75) is 27.0 Å². The molecule has 0 spiro atoms. The van der Waals surface area contributed by atoms with Gasteiger partial charge in [-0.05, 0) is 43.3 Å². The molecule has 0 aliphatic heterocycles. The van der Waals surface area contributed by atoms with Gasteiger partial charge in [0, 0.05) is 22.2 Å². The molecule has 0 aromatic heterocycles. The molecule has 2 aromatic carbocycles. The van der Waals surface area contributed by atoms with Gasteiger partial charge < -0.3 is 14.8 Å². The molecule has 0 aliphatic rings. The van der Waals surface area contributed by atoms with Gasteiger partial charge in [0.1, 0.15) is 6.61 Å². The quantitative estimate of drug-likeness (QED) is 0.717. The van der Waals surface area contributed by atoms with E-state index in [4.69, 9.17) is 32.7 Å². The first-order valence-corrected chi connectivity index (χ1v) is 8.42. The van der Waals surface area contributed by atoms with Crippen LogP contribution in [-0.2, 0) is 13.2 Å². The van der Waals surface area contributed by atoms with Crippen molar-refractivity contribution in [3.63, 3.8) is 0 Å². The number of halogens is 2. The number of ether oxygens (including phenoxy) is 2. The second-order valence-corrected chi connectivity index (χ2v) is 5.86. The Morgan fingerprint density at radius 1 is 0.957 bits per heavy atom. The zero-order valence-corrected chi connectivity index (χ0v) is 14.9. The Balaban J connectivity index is 2.11. The molecule has 0 unspecified atom stereocenters. The fourth-order valence-electron chi connectivity index (χ4n) is 2.11. The first-order valence-electron chi connectivity index (χ1n) is 7.67. The van der Waals surface area contributed by atoms with Gasteiger partial charge in [0.05, 0.1) is 6.61 Å². The van der Waals surface area contributed by atoms with Gasteiger partial charge >= 0.3 is 0 Å². The second-order valence-electron chi connectivity index (χ2n) is 5.02. The van der Waals surface area contributed by atoms with E-state index in [0.29, 0.717) is 29.0 Å². The van der Waals surface area contributed by atoms with Crippen molar-refractivity contribution in [3.05, 3.63) is 57.6 Å². The summed E-state index contributed by atoms with van der Waals surface area (Å²) in [6, 6.07) is 11.3. The molecule has 0 radical (unpaired) electrons. The van der Waals surface area contributed by atoms with E-state index in [1.165, 1.54) is 0 Å². The van der Waals surface area contributed by atoms with Crippen LogP contribution in [0.3, 0.4) is 0 Å². The van der Waals surface area contributed by atoms with Gasteiger partial charge in [-0.25, -0.2) is 0 Å². The maximum absolute atomic E-state index is 6.18. The first kappa shape index (κ1) is 17.9. The maximum Gasteiger partial charge on any atom is 0.161 e. The van der Waals surface area contributed by atoms with Crippen LogP contribution in [0.4, 0.5) is 0 Å². The molecule has 3 nitrogen and oxygen atoms in total. The summed E-state index contributed by atoms with van der Waals surface area (Å²) in [5, 5.41) is 4.51. The number of hydrogen-bond acceptors (Lipinski definition) is 3. The molecular formula is C18H21Cl2NO2. The molecular weight excluding hydrogens is 333 g/mol. The summed E-state index contributed by atoms with van der Waals surface area (Å²) in [4.78, 5) is 0. The van der Waals surface area contributed by atoms with Gasteiger partial charge in [0.15, 0.2) is 11.5 Å². The minimum atomic E-state index is 0.364. The summed E-state index contributed by atoms with van der Waals surface area (Å²) in [7, 11) is 0. The molecule has 23 heavy (non-hydrogen) atoms. The molecule has 0 atom stereocenters. The topological polar surface area (TPSA) is 30.5 Å². The van der Waals surface area contributed by atoms with Gasteiger partial charge in [-0.3, -0.25) is 0 Å². The average molecular weight is 354 g/mol. The van der Waals surface area contributed by atoms with E-state index in [2.05, 4.69) is 12.2 Å². The predicted molar refractivity (Wildman–Crippen MR) is 95.8 cm³/mol. The molecule has 0 saturated carbocycles. The molecule has 0 aliphatic carbocycles. The predicted octanol–water partition coefficient (Wildman–Crippen LogP) is 5.08. The minimum absolute atomic E-state index is 0.364. The van der Waals surface area contributed by atoms with Crippen LogP contribution in [-0.4, -0.2) is 13.2 Å². The highest BCUT2D eigenvalue weighted by atomic mass is 35.5. The largest absolute Gasteiger partial charge is 0.490 e. The first-order chi connectivity index (χ1) is 11.1. The monoisotopic (exact) mass is 353 g/mol. The third kappa shape index (κ3) is 5.31. The smallest absolute Gasteiger partial charge is 0.161 e. The highest BCUT2D eigenvalue weighted by Gasteiger charge is 2.08. The molecule has 1 N–H and O–H groups in total. The minimum Gasteiger partial charge on any atom is -0.490 e. The van der Waals surface area contributed by atoms with Crippen LogP contribution in [0.15, 0.2) is 36.4 Å². The van der Waals surface area contributed by atoms with E-state index < -0.39 is 0 Å². The molecule has 2 rings (SSSR count). The van der Waals surface area contributed by atoms with Crippen LogP contribution < -0.4 is 14.8 Å². The number of hydrogen-bond donors (Lipinski definition) is 1.